The van der Waals surface area contributed by atoms with E-state index in [2.05, 4.69) is 19.1 Å². The molecule has 2 rings (SSSR count). The van der Waals surface area contributed by atoms with E-state index in [1.54, 1.807) is 0 Å². The number of carbonyl (C=O) groups excluding carboxylic acids is 2. The minimum absolute atomic E-state index is 0.0391. The molecule has 0 unspecified atom stereocenters. The lowest BCUT2D eigenvalue weighted by molar-refractivity contribution is -0.151. The van der Waals surface area contributed by atoms with Crippen molar-refractivity contribution in [2.75, 3.05) is 19.7 Å². The standard InChI is InChI=1S/C24H37NO3/c1-2-3-4-5-6-7-11-20-28-24(27)22-16-18-25(19-17-22)23(26)15-14-21-12-9-8-10-13-21/h8-10,12-13,22H,2-7,11,14-20H2,1H3. The van der Waals surface area contributed by atoms with Crippen molar-refractivity contribution in [3.63, 3.8) is 0 Å². The maximum Gasteiger partial charge on any atom is 0.309 e. The summed E-state index contributed by atoms with van der Waals surface area (Å²) in [6, 6.07) is 10.1. The highest BCUT2D eigenvalue weighted by molar-refractivity contribution is 5.77. The summed E-state index contributed by atoms with van der Waals surface area (Å²) in [5.74, 6) is 0.0869. The number of esters is 1. The number of rotatable bonds is 12. The molecule has 4 heteroatoms. The minimum Gasteiger partial charge on any atom is -0.465 e. The van der Waals surface area contributed by atoms with Crippen molar-refractivity contribution in [2.24, 2.45) is 5.92 Å². The zero-order valence-electron chi connectivity index (χ0n) is 17.5. The summed E-state index contributed by atoms with van der Waals surface area (Å²) in [7, 11) is 0. The molecule has 156 valence electrons. The van der Waals surface area contributed by atoms with Gasteiger partial charge in [-0.2, -0.15) is 0 Å². The monoisotopic (exact) mass is 387 g/mol. The molecular weight excluding hydrogens is 350 g/mol. The lowest BCUT2D eigenvalue weighted by atomic mass is 9.96. The van der Waals surface area contributed by atoms with Crippen LogP contribution in [0.15, 0.2) is 30.3 Å². The largest absolute Gasteiger partial charge is 0.465 e. The number of benzene rings is 1. The Kier molecular flexibility index (Phi) is 10.7. The number of likely N-dealkylation sites (tertiary alicyclic amines) is 1. The number of nitrogens with zero attached hydrogens (tertiary/aromatic N) is 1. The number of unbranched alkanes of at least 4 members (excludes halogenated alkanes) is 6. The molecule has 1 aliphatic heterocycles. The Morgan fingerprint density at radius 1 is 0.964 bits per heavy atom. The van der Waals surface area contributed by atoms with Crippen LogP contribution in [-0.4, -0.2) is 36.5 Å². The highest BCUT2D eigenvalue weighted by Crippen LogP contribution is 2.20. The van der Waals surface area contributed by atoms with Gasteiger partial charge in [0.1, 0.15) is 0 Å². The van der Waals surface area contributed by atoms with Gasteiger partial charge >= 0.3 is 5.97 Å². The Balaban J connectivity index is 1.54. The van der Waals surface area contributed by atoms with Crippen molar-refractivity contribution in [3.05, 3.63) is 35.9 Å². The van der Waals surface area contributed by atoms with E-state index in [1.807, 2.05) is 23.1 Å². The van der Waals surface area contributed by atoms with Crippen LogP contribution in [0, 0.1) is 5.92 Å². The van der Waals surface area contributed by atoms with Crippen LogP contribution >= 0.6 is 0 Å². The van der Waals surface area contributed by atoms with Gasteiger partial charge in [0.2, 0.25) is 5.91 Å². The van der Waals surface area contributed by atoms with Crippen molar-refractivity contribution >= 4 is 11.9 Å². The number of ether oxygens (including phenoxy) is 1. The van der Waals surface area contributed by atoms with Crippen molar-refractivity contribution in [1.82, 2.24) is 4.90 Å². The zero-order chi connectivity index (χ0) is 20.0. The molecule has 1 aromatic carbocycles. The molecule has 0 aliphatic carbocycles. The quantitative estimate of drug-likeness (QED) is 0.368. The predicted molar refractivity (Wildman–Crippen MR) is 113 cm³/mol. The fraction of sp³-hybridized carbons (Fsp3) is 0.667. The Hall–Kier alpha value is -1.84. The smallest absolute Gasteiger partial charge is 0.309 e. The lowest BCUT2D eigenvalue weighted by Gasteiger charge is -2.31. The number of piperidine rings is 1. The third-order valence-electron chi connectivity index (χ3n) is 5.64. The molecule has 1 aromatic rings. The second kappa shape index (κ2) is 13.4. The first-order chi connectivity index (χ1) is 13.7. The number of hydrogen-bond acceptors (Lipinski definition) is 3. The van der Waals surface area contributed by atoms with Crippen LogP contribution < -0.4 is 0 Å². The molecule has 0 atom stereocenters. The van der Waals surface area contributed by atoms with E-state index < -0.39 is 0 Å². The molecule has 0 aromatic heterocycles. The first-order valence-corrected chi connectivity index (χ1v) is 11.2. The van der Waals surface area contributed by atoms with E-state index in [9.17, 15) is 9.59 Å². The molecule has 1 heterocycles. The van der Waals surface area contributed by atoms with E-state index in [0.29, 0.717) is 26.1 Å². The normalized spacial score (nSPS) is 14.8. The molecule has 0 radical (unpaired) electrons. The molecule has 28 heavy (non-hydrogen) atoms. The summed E-state index contributed by atoms with van der Waals surface area (Å²) in [5.41, 5.74) is 1.19. The number of aryl methyl sites for hydroxylation is 1. The van der Waals surface area contributed by atoms with Crippen LogP contribution in [-0.2, 0) is 20.7 Å². The van der Waals surface area contributed by atoms with Crippen molar-refractivity contribution in [2.45, 2.75) is 77.6 Å². The zero-order valence-corrected chi connectivity index (χ0v) is 17.5. The molecule has 0 bridgehead atoms. The fourth-order valence-electron chi connectivity index (χ4n) is 3.77. The fourth-order valence-corrected chi connectivity index (χ4v) is 3.77. The second-order valence-corrected chi connectivity index (χ2v) is 7.93. The summed E-state index contributed by atoms with van der Waals surface area (Å²) >= 11 is 0. The predicted octanol–water partition coefficient (Wildman–Crippen LogP) is 5.15. The molecule has 1 saturated heterocycles. The van der Waals surface area contributed by atoms with E-state index in [1.165, 1.54) is 37.7 Å². The van der Waals surface area contributed by atoms with E-state index in [-0.39, 0.29) is 17.8 Å². The average molecular weight is 388 g/mol. The van der Waals surface area contributed by atoms with Gasteiger partial charge in [-0.1, -0.05) is 75.8 Å². The first kappa shape index (κ1) is 22.4. The molecule has 1 amide bonds. The van der Waals surface area contributed by atoms with E-state index in [0.717, 1.165) is 32.1 Å². The molecule has 1 aliphatic rings. The van der Waals surface area contributed by atoms with Gasteiger partial charge in [0.15, 0.2) is 0 Å². The average Bonchev–Trinajstić information content (AvgIpc) is 2.74. The number of carbonyl (C=O) groups is 2. The van der Waals surface area contributed by atoms with Gasteiger partial charge in [0, 0.05) is 19.5 Å². The Labute approximate surface area is 170 Å². The number of hydrogen-bond donors (Lipinski definition) is 0. The van der Waals surface area contributed by atoms with Crippen molar-refractivity contribution < 1.29 is 14.3 Å². The third kappa shape index (κ3) is 8.45. The van der Waals surface area contributed by atoms with Crippen LogP contribution in [0.5, 0.6) is 0 Å². The second-order valence-electron chi connectivity index (χ2n) is 7.93. The SMILES string of the molecule is CCCCCCCCCOC(=O)C1CCN(C(=O)CCc2ccccc2)CC1. The lowest BCUT2D eigenvalue weighted by Crippen LogP contribution is -2.40. The molecular formula is C24H37NO3. The Morgan fingerprint density at radius 2 is 1.61 bits per heavy atom. The van der Waals surface area contributed by atoms with Crippen LogP contribution in [0.4, 0.5) is 0 Å². The topological polar surface area (TPSA) is 46.6 Å². The maximum atomic E-state index is 12.4. The highest BCUT2D eigenvalue weighted by Gasteiger charge is 2.28. The number of amides is 1. The van der Waals surface area contributed by atoms with Gasteiger partial charge in [-0.15, -0.1) is 0 Å². The van der Waals surface area contributed by atoms with Gasteiger partial charge in [-0.25, -0.2) is 0 Å². The summed E-state index contributed by atoms with van der Waals surface area (Å²) in [5, 5.41) is 0. The summed E-state index contributed by atoms with van der Waals surface area (Å²) in [6.45, 7) is 4.11. The highest BCUT2D eigenvalue weighted by atomic mass is 16.5. The first-order valence-electron chi connectivity index (χ1n) is 11.2. The molecule has 1 fully saturated rings. The summed E-state index contributed by atoms with van der Waals surface area (Å²) in [4.78, 5) is 26.5. The molecule has 0 N–H and O–H groups in total. The summed E-state index contributed by atoms with van der Waals surface area (Å²) < 4.78 is 5.47. The van der Waals surface area contributed by atoms with Gasteiger partial charge < -0.3 is 9.64 Å². The van der Waals surface area contributed by atoms with Crippen molar-refractivity contribution in [3.8, 4) is 0 Å². The van der Waals surface area contributed by atoms with Gasteiger partial charge in [-0.3, -0.25) is 9.59 Å². The molecule has 4 nitrogen and oxygen atoms in total. The third-order valence-corrected chi connectivity index (χ3v) is 5.64. The Bertz CT molecular complexity index is 564. The Morgan fingerprint density at radius 3 is 2.29 bits per heavy atom. The molecule has 0 spiro atoms. The summed E-state index contributed by atoms with van der Waals surface area (Å²) in [6.07, 6.45) is 11.3. The minimum atomic E-state index is -0.0673. The maximum absolute atomic E-state index is 12.4. The van der Waals surface area contributed by atoms with E-state index >= 15 is 0 Å². The van der Waals surface area contributed by atoms with Gasteiger partial charge in [-0.05, 0) is 31.2 Å². The van der Waals surface area contributed by atoms with Crippen LogP contribution in [0.1, 0.15) is 76.7 Å². The van der Waals surface area contributed by atoms with Gasteiger partial charge in [0.25, 0.3) is 0 Å². The van der Waals surface area contributed by atoms with Crippen LogP contribution in [0.25, 0.3) is 0 Å². The van der Waals surface area contributed by atoms with Crippen molar-refractivity contribution in [1.29, 1.82) is 0 Å². The molecule has 0 saturated carbocycles. The van der Waals surface area contributed by atoms with Gasteiger partial charge in [0.05, 0.1) is 12.5 Å². The van der Waals surface area contributed by atoms with Crippen LogP contribution in [0.3, 0.4) is 0 Å². The van der Waals surface area contributed by atoms with Crippen LogP contribution in [0.2, 0.25) is 0 Å². The van der Waals surface area contributed by atoms with E-state index in [4.69, 9.17) is 4.74 Å².